The van der Waals surface area contributed by atoms with Crippen LogP contribution in [-0.2, 0) is 0 Å². The molecule has 2 aromatic rings. The molecule has 0 amide bonds. The van der Waals surface area contributed by atoms with E-state index in [0.29, 0.717) is 17.3 Å². The Hall–Kier alpha value is -2.41. The molecular formula is C13H13ClN4O3. The fourth-order valence-electron chi connectivity index (χ4n) is 1.69. The minimum absolute atomic E-state index is 0.118. The maximum Gasteiger partial charge on any atom is 0.373 e. The van der Waals surface area contributed by atoms with Crippen molar-refractivity contribution < 1.29 is 9.66 Å². The predicted molar refractivity (Wildman–Crippen MR) is 79.1 cm³/mol. The van der Waals surface area contributed by atoms with Gasteiger partial charge in [-0.1, -0.05) is 11.6 Å². The second kappa shape index (κ2) is 6.36. The molecule has 7 nitrogen and oxygen atoms in total. The number of nitrogens with zero attached hydrogens (tertiary/aromatic N) is 3. The summed E-state index contributed by atoms with van der Waals surface area (Å²) in [5.41, 5.74) is 0.504. The summed E-state index contributed by atoms with van der Waals surface area (Å²) in [4.78, 5) is 18.3. The molecule has 1 aromatic heterocycles. The van der Waals surface area contributed by atoms with Gasteiger partial charge in [0, 0.05) is 11.6 Å². The average Bonchev–Trinajstić information content (AvgIpc) is 2.43. The standard InChI is InChI=1S/C13H13ClN4O3/c1-3-15-12-11(18(19)20)13(17-7-16-12)21-9-4-5-10(14)8(2)6-9/h4-7H,3H2,1-2H3,(H,15,16,17). The molecular weight excluding hydrogens is 296 g/mol. The van der Waals surface area contributed by atoms with Crippen molar-refractivity contribution in [2.75, 3.05) is 11.9 Å². The van der Waals surface area contributed by atoms with Crippen LogP contribution in [0.3, 0.4) is 0 Å². The highest BCUT2D eigenvalue weighted by atomic mass is 35.5. The van der Waals surface area contributed by atoms with E-state index >= 15 is 0 Å². The van der Waals surface area contributed by atoms with Crippen molar-refractivity contribution in [3.63, 3.8) is 0 Å². The third-order valence-electron chi connectivity index (χ3n) is 2.66. The van der Waals surface area contributed by atoms with Crippen LogP contribution in [0.25, 0.3) is 0 Å². The van der Waals surface area contributed by atoms with Gasteiger partial charge in [-0.3, -0.25) is 10.1 Å². The minimum Gasteiger partial charge on any atom is -0.434 e. The van der Waals surface area contributed by atoms with E-state index in [1.807, 2.05) is 13.8 Å². The van der Waals surface area contributed by atoms with Crippen molar-refractivity contribution in [3.8, 4) is 11.6 Å². The summed E-state index contributed by atoms with van der Waals surface area (Å²) in [5.74, 6) is 0.423. The number of halogens is 1. The van der Waals surface area contributed by atoms with Gasteiger partial charge >= 0.3 is 11.6 Å². The Kier molecular flexibility index (Phi) is 4.54. The first kappa shape index (κ1) is 15.0. The topological polar surface area (TPSA) is 90.2 Å². The maximum absolute atomic E-state index is 11.2. The van der Waals surface area contributed by atoms with E-state index in [0.717, 1.165) is 5.56 Å². The lowest BCUT2D eigenvalue weighted by Gasteiger charge is -2.09. The molecule has 0 radical (unpaired) electrons. The van der Waals surface area contributed by atoms with Crippen molar-refractivity contribution in [3.05, 3.63) is 45.2 Å². The van der Waals surface area contributed by atoms with Crippen LogP contribution in [-0.4, -0.2) is 21.4 Å². The molecule has 1 N–H and O–H groups in total. The highest BCUT2D eigenvalue weighted by Gasteiger charge is 2.24. The molecule has 0 aliphatic rings. The SMILES string of the molecule is CCNc1ncnc(Oc2ccc(Cl)c(C)c2)c1[N+](=O)[O-]. The van der Waals surface area contributed by atoms with Gasteiger partial charge in [0.15, 0.2) is 0 Å². The summed E-state index contributed by atoms with van der Waals surface area (Å²) < 4.78 is 5.50. The maximum atomic E-state index is 11.2. The molecule has 1 heterocycles. The van der Waals surface area contributed by atoms with Gasteiger partial charge in [0.25, 0.3) is 0 Å². The van der Waals surface area contributed by atoms with Gasteiger partial charge in [-0.05, 0) is 37.6 Å². The number of nitrogens with one attached hydrogen (secondary N) is 1. The molecule has 8 heteroatoms. The lowest BCUT2D eigenvalue weighted by molar-refractivity contribution is -0.385. The average molecular weight is 309 g/mol. The number of hydrogen-bond acceptors (Lipinski definition) is 6. The highest BCUT2D eigenvalue weighted by molar-refractivity contribution is 6.31. The van der Waals surface area contributed by atoms with Gasteiger partial charge in [-0.2, -0.15) is 4.98 Å². The molecule has 1 aromatic carbocycles. The number of benzene rings is 1. The number of nitro groups is 1. The summed E-state index contributed by atoms with van der Waals surface area (Å²) in [7, 11) is 0. The molecule has 0 spiro atoms. The number of rotatable bonds is 5. The lowest BCUT2D eigenvalue weighted by Crippen LogP contribution is -2.06. The Morgan fingerprint density at radius 3 is 2.81 bits per heavy atom. The monoisotopic (exact) mass is 308 g/mol. The fourth-order valence-corrected chi connectivity index (χ4v) is 1.81. The van der Waals surface area contributed by atoms with Crippen LogP contribution in [0.5, 0.6) is 11.6 Å². The smallest absolute Gasteiger partial charge is 0.373 e. The zero-order chi connectivity index (χ0) is 15.4. The van der Waals surface area contributed by atoms with Crippen LogP contribution in [0.2, 0.25) is 5.02 Å². The number of ether oxygens (including phenoxy) is 1. The fraction of sp³-hybridized carbons (Fsp3) is 0.231. The van der Waals surface area contributed by atoms with Gasteiger partial charge in [0.05, 0.1) is 4.92 Å². The molecule has 0 aliphatic heterocycles. The summed E-state index contributed by atoms with van der Waals surface area (Å²) in [6.45, 7) is 4.12. The summed E-state index contributed by atoms with van der Waals surface area (Å²) in [6, 6.07) is 4.96. The molecule has 110 valence electrons. The molecule has 0 fully saturated rings. The Morgan fingerprint density at radius 1 is 1.43 bits per heavy atom. The summed E-state index contributed by atoms with van der Waals surface area (Å²) in [5, 5.41) is 14.6. The van der Waals surface area contributed by atoms with Gasteiger partial charge in [-0.15, -0.1) is 0 Å². The molecule has 0 saturated carbocycles. The van der Waals surface area contributed by atoms with Gasteiger partial charge in [0.1, 0.15) is 12.1 Å². The molecule has 21 heavy (non-hydrogen) atoms. The Morgan fingerprint density at radius 2 is 2.19 bits per heavy atom. The summed E-state index contributed by atoms with van der Waals surface area (Å²) >= 11 is 5.93. The van der Waals surface area contributed by atoms with E-state index < -0.39 is 4.92 Å². The van der Waals surface area contributed by atoms with Crippen LogP contribution >= 0.6 is 11.6 Å². The van der Waals surface area contributed by atoms with Crippen LogP contribution in [0.15, 0.2) is 24.5 Å². The van der Waals surface area contributed by atoms with Crippen molar-refractivity contribution in [1.82, 2.24) is 9.97 Å². The number of aryl methyl sites for hydroxylation is 1. The van der Waals surface area contributed by atoms with E-state index in [2.05, 4.69) is 15.3 Å². The zero-order valence-corrected chi connectivity index (χ0v) is 12.2. The third-order valence-corrected chi connectivity index (χ3v) is 3.08. The molecule has 0 saturated heterocycles. The van der Waals surface area contributed by atoms with E-state index in [4.69, 9.17) is 16.3 Å². The van der Waals surface area contributed by atoms with Crippen LogP contribution in [0.1, 0.15) is 12.5 Å². The lowest BCUT2D eigenvalue weighted by atomic mass is 10.2. The van der Waals surface area contributed by atoms with Crippen LogP contribution in [0, 0.1) is 17.0 Å². The van der Waals surface area contributed by atoms with Crippen molar-refractivity contribution in [1.29, 1.82) is 0 Å². The van der Waals surface area contributed by atoms with E-state index in [1.54, 1.807) is 18.2 Å². The first-order chi connectivity index (χ1) is 10.0. The first-order valence-corrected chi connectivity index (χ1v) is 6.58. The van der Waals surface area contributed by atoms with E-state index in [-0.39, 0.29) is 17.4 Å². The van der Waals surface area contributed by atoms with Crippen molar-refractivity contribution >= 4 is 23.1 Å². The zero-order valence-electron chi connectivity index (χ0n) is 11.5. The largest absolute Gasteiger partial charge is 0.434 e. The molecule has 0 bridgehead atoms. The second-order valence-corrected chi connectivity index (χ2v) is 4.58. The number of anilines is 1. The van der Waals surface area contributed by atoms with Crippen molar-refractivity contribution in [2.45, 2.75) is 13.8 Å². The van der Waals surface area contributed by atoms with Gasteiger partial charge in [-0.25, -0.2) is 4.98 Å². The third kappa shape index (κ3) is 3.38. The molecule has 2 rings (SSSR count). The minimum atomic E-state index is -0.573. The van der Waals surface area contributed by atoms with Crippen LogP contribution in [0.4, 0.5) is 11.5 Å². The Bertz CT molecular complexity index is 678. The van der Waals surface area contributed by atoms with Gasteiger partial charge in [0.2, 0.25) is 5.82 Å². The van der Waals surface area contributed by atoms with E-state index in [1.165, 1.54) is 6.33 Å². The van der Waals surface area contributed by atoms with Crippen molar-refractivity contribution in [2.24, 2.45) is 0 Å². The first-order valence-electron chi connectivity index (χ1n) is 6.20. The van der Waals surface area contributed by atoms with Crippen LogP contribution < -0.4 is 10.1 Å². The predicted octanol–water partition coefficient (Wildman–Crippen LogP) is 3.57. The second-order valence-electron chi connectivity index (χ2n) is 4.18. The highest BCUT2D eigenvalue weighted by Crippen LogP contribution is 2.34. The number of aromatic nitrogens is 2. The molecule has 0 atom stereocenters. The van der Waals surface area contributed by atoms with Gasteiger partial charge < -0.3 is 10.1 Å². The quantitative estimate of drug-likeness (QED) is 0.670. The number of hydrogen-bond donors (Lipinski definition) is 1. The normalized spacial score (nSPS) is 10.2. The Labute approximate surface area is 126 Å². The van der Waals surface area contributed by atoms with E-state index in [9.17, 15) is 10.1 Å². The molecule has 0 unspecified atom stereocenters. The Balaban J connectivity index is 2.41. The molecule has 0 aliphatic carbocycles. The summed E-state index contributed by atoms with van der Waals surface area (Å²) in [6.07, 6.45) is 1.21.